The Hall–Kier alpha value is -1.98. The summed E-state index contributed by atoms with van der Waals surface area (Å²) in [6.45, 7) is 3.93. The molecule has 0 saturated heterocycles. The van der Waals surface area contributed by atoms with Gasteiger partial charge in [-0.25, -0.2) is 4.79 Å². The zero-order chi connectivity index (χ0) is 13.6. The Morgan fingerprint density at radius 2 is 2.06 bits per heavy atom. The number of anilines is 2. The minimum absolute atomic E-state index is 0.104. The monoisotopic (exact) mass is 251 g/mol. The van der Waals surface area contributed by atoms with Gasteiger partial charge >= 0.3 is 5.97 Å². The van der Waals surface area contributed by atoms with Crippen LogP contribution < -0.4 is 10.2 Å². The summed E-state index contributed by atoms with van der Waals surface area (Å²) in [5.41, 5.74) is 1.23. The third-order valence-corrected chi connectivity index (χ3v) is 3.31. The minimum atomic E-state index is -1.05. The topological polar surface area (TPSA) is 74.6 Å². The van der Waals surface area contributed by atoms with E-state index in [1.807, 2.05) is 25.8 Å². The lowest BCUT2D eigenvalue weighted by molar-refractivity contribution is -0.118. The first kappa shape index (κ1) is 12.5. The number of carboxylic acid groups (broad SMARTS) is 1. The maximum Gasteiger partial charge on any atom is 0.354 e. The summed E-state index contributed by atoms with van der Waals surface area (Å²) < 4.78 is 1.52. The summed E-state index contributed by atoms with van der Waals surface area (Å²) in [5.74, 6) is -1.05. The van der Waals surface area contributed by atoms with Gasteiger partial charge in [-0.15, -0.1) is 0 Å². The van der Waals surface area contributed by atoms with E-state index in [-0.39, 0.29) is 23.6 Å². The van der Waals surface area contributed by atoms with Gasteiger partial charge in [0.1, 0.15) is 6.04 Å². The molecule has 1 amide bonds. The number of nitrogens with zero attached hydrogens (tertiary/aromatic N) is 2. The zero-order valence-corrected chi connectivity index (χ0v) is 10.9. The Balaban J connectivity index is 2.55. The Labute approximate surface area is 105 Å². The van der Waals surface area contributed by atoms with E-state index in [0.717, 1.165) is 5.69 Å². The lowest BCUT2D eigenvalue weighted by Crippen LogP contribution is -2.48. The summed E-state index contributed by atoms with van der Waals surface area (Å²) in [6.07, 6.45) is 1.73. The number of carboxylic acids is 1. The molecule has 2 N–H and O–H groups in total. The first-order chi connectivity index (χ1) is 8.34. The second-order valence-corrected chi connectivity index (χ2v) is 4.94. The van der Waals surface area contributed by atoms with Crippen molar-refractivity contribution < 1.29 is 14.7 Å². The second-order valence-electron chi connectivity index (χ2n) is 4.94. The third kappa shape index (κ3) is 1.64. The number of aromatic carboxylic acids is 1. The number of likely N-dealkylation sites (N-methyl/N-ethyl adjacent to an activating group) is 1. The number of hydrogen-bond donors (Lipinski definition) is 2. The molecule has 18 heavy (non-hydrogen) atoms. The molecule has 0 spiro atoms. The van der Waals surface area contributed by atoms with Crippen molar-refractivity contribution in [2.24, 2.45) is 13.0 Å². The molecule has 0 aliphatic carbocycles. The van der Waals surface area contributed by atoms with Crippen molar-refractivity contribution in [2.45, 2.75) is 19.9 Å². The summed E-state index contributed by atoms with van der Waals surface area (Å²) in [5, 5.41) is 11.9. The summed E-state index contributed by atoms with van der Waals surface area (Å²) in [4.78, 5) is 25.1. The average Bonchev–Trinajstić information content (AvgIpc) is 2.54. The van der Waals surface area contributed by atoms with Gasteiger partial charge < -0.3 is 19.9 Å². The molecule has 2 rings (SSSR count). The van der Waals surface area contributed by atoms with Crippen LogP contribution in [-0.4, -0.2) is 34.6 Å². The van der Waals surface area contributed by atoms with Gasteiger partial charge in [-0.3, -0.25) is 4.79 Å². The molecule has 0 bridgehead atoms. The van der Waals surface area contributed by atoms with Gasteiger partial charge in [-0.2, -0.15) is 0 Å². The molecule has 2 heterocycles. The van der Waals surface area contributed by atoms with E-state index < -0.39 is 5.97 Å². The molecular weight excluding hydrogens is 234 g/mol. The number of amides is 1. The molecule has 0 saturated carbocycles. The van der Waals surface area contributed by atoms with Crippen LogP contribution in [0.4, 0.5) is 11.4 Å². The molecule has 98 valence electrons. The van der Waals surface area contributed by atoms with Crippen LogP contribution in [-0.2, 0) is 11.8 Å². The average molecular weight is 251 g/mol. The summed E-state index contributed by atoms with van der Waals surface area (Å²) in [7, 11) is 3.47. The highest BCUT2D eigenvalue weighted by atomic mass is 16.4. The number of fused-ring (bicyclic) bond motifs is 1. The Morgan fingerprint density at radius 1 is 1.44 bits per heavy atom. The molecule has 0 radical (unpaired) electrons. The maximum absolute atomic E-state index is 12.0. The van der Waals surface area contributed by atoms with Gasteiger partial charge in [-0.1, -0.05) is 13.8 Å². The van der Waals surface area contributed by atoms with Crippen LogP contribution in [0, 0.1) is 5.92 Å². The molecule has 1 atom stereocenters. The second kappa shape index (κ2) is 4.04. The zero-order valence-electron chi connectivity index (χ0n) is 10.9. The first-order valence-corrected chi connectivity index (χ1v) is 5.81. The predicted molar refractivity (Wildman–Crippen MR) is 68.0 cm³/mol. The molecule has 6 heteroatoms. The van der Waals surface area contributed by atoms with Gasteiger partial charge in [0.2, 0.25) is 5.91 Å². The quantitative estimate of drug-likeness (QED) is 0.826. The molecule has 0 aromatic carbocycles. The fourth-order valence-electron chi connectivity index (χ4n) is 2.53. The lowest BCUT2D eigenvalue weighted by Gasteiger charge is -2.35. The molecule has 0 unspecified atom stereocenters. The van der Waals surface area contributed by atoms with Crippen LogP contribution in [0.1, 0.15) is 24.3 Å². The van der Waals surface area contributed by atoms with Crippen LogP contribution in [0.15, 0.2) is 6.20 Å². The van der Waals surface area contributed by atoms with Crippen LogP contribution in [0.2, 0.25) is 0 Å². The van der Waals surface area contributed by atoms with Crippen molar-refractivity contribution in [1.29, 1.82) is 0 Å². The number of aryl methyl sites for hydroxylation is 1. The molecule has 1 aliphatic rings. The molecular formula is C12H17N3O3. The fraction of sp³-hybridized carbons (Fsp3) is 0.500. The van der Waals surface area contributed by atoms with Crippen molar-refractivity contribution in [1.82, 2.24) is 4.57 Å². The summed E-state index contributed by atoms with van der Waals surface area (Å²) >= 11 is 0. The van der Waals surface area contributed by atoms with Gasteiger partial charge in [0.15, 0.2) is 5.69 Å². The van der Waals surface area contributed by atoms with Gasteiger partial charge in [-0.05, 0) is 5.92 Å². The number of rotatable bonds is 2. The van der Waals surface area contributed by atoms with Crippen molar-refractivity contribution in [2.75, 3.05) is 17.3 Å². The van der Waals surface area contributed by atoms with E-state index in [1.165, 1.54) is 4.57 Å². The van der Waals surface area contributed by atoms with E-state index in [4.69, 9.17) is 5.11 Å². The number of hydrogen-bond acceptors (Lipinski definition) is 3. The molecule has 1 aromatic rings. The number of aromatic nitrogens is 1. The maximum atomic E-state index is 12.0. The lowest BCUT2D eigenvalue weighted by atomic mass is 9.99. The normalized spacial score (nSPS) is 18.8. The van der Waals surface area contributed by atoms with E-state index in [0.29, 0.717) is 5.69 Å². The van der Waals surface area contributed by atoms with E-state index in [2.05, 4.69) is 5.32 Å². The van der Waals surface area contributed by atoms with Gasteiger partial charge in [0, 0.05) is 20.3 Å². The molecule has 6 nitrogen and oxygen atoms in total. The predicted octanol–water partition coefficient (Wildman–Crippen LogP) is 1.14. The van der Waals surface area contributed by atoms with Crippen molar-refractivity contribution >= 4 is 23.3 Å². The largest absolute Gasteiger partial charge is 0.477 e. The highest BCUT2D eigenvalue weighted by molar-refractivity contribution is 6.09. The fourth-order valence-corrected chi connectivity index (χ4v) is 2.53. The van der Waals surface area contributed by atoms with E-state index >= 15 is 0 Å². The van der Waals surface area contributed by atoms with Crippen molar-refractivity contribution in [3.05, 3.63) is 11.9 Å². The summed E-state index contributed by atoms with van der Waals surface area (Å²) in [6, 6.07) is -0.276. The first-order valence-electron chi connectivity index (χ1n) is 5.81. The molecule has 0 fully saturated rings. The highest BCUT2D eigenvalue weighted by Gasteiger charge is 2.36. The van der Waals surface area contributed by atoms with E-state index in [9.17, 15) is 9.59 Å². The van der Waals surface area contributed by atoms with Crippen LogP contribution in [0.3, 0.4) is 0 Å². The highest BCUT2D eigenvalue weighted by Crippen LogP contribution is 2.37. The van der Waals surface area contributed by atoms with E-state index in [1.54, 1.807) is 13.2 Å². The van der Waals surface area contributed by atoms with Crippen LogP contribution in [0.25, 0.3) is 0 Å². The third-order valence-electron chi connectivity index (χ3n) is 3.31. The number of carbonyl (C=O) groups is 2. The SMILES string of the molecule is CC(C)[C@H]1C(=O)Nc2c(cn(C)c2C(=O)O)N1C. The van der Waals surface area contributed by atoms with Crippen molar-refractivity contribution in [3.63, 3.8) is 0 Å². The number of carbonyl (C=O) groups excluding carboxylic acids is 1. The van der Waals surface area contributed by atoms with Gasteiger partial charge in [0.05, 0.1) is 11.4 Å². The van der Waals surface area contributed by atoms with Gasteiger partial charge in [0.25, 0.3) is 0 Å². The standard InChI is InChI=1S/C12H17N3O3/c1-6(2)9-11(16)13-8-7(15(9)4)5-14(3)10(8)12(17)18/h5-6,9H,1-4H3,(H,13,16)(H,17,18)/t9-/m0/s1. The van der Waals surface area contributed by atoms with Crippen molar-refractivity contribution in [3.8, 4) is 0 Å². The minimum Gasteiger partial charge on any atom is -0.477 e. The van der Waals surface area contributed by atoms with Crippen LogP contribution in [0.5, 0.6) is 0 Å². The Bertz CT molecular complexity index is 519. The number of nitrogens with one attached hydrogen (secondary N) is 1. The molecule has 1 aromatic heterocycles. The Morgan fingerprint density at radius 3 is 2.56 bits per heavy atom. The molecule has 1 aliphatic heterocycles. The van der Waals surface area contributed by atoms with Crippen LogP contribution >= 0.6 is 0 Å². The Kier molecular flexibility index (Phi) is 2.80. The smallest absolute Gasteiger partial charge is 0.354 e.